The molecule has 0 unspecified atom stereocenters. The lowest BCUT2D eigenvalue weighted by Crippen LogP contribution is -2.36. The molecule has 1 atom stereocenters. The molecular formula is C31H31N7O3. The Morgan fingerprint density at radius 3 is 2.83 bits per heavy atom. The minimum atomic E-state index is -0.116. The van der Waals surface area contributed by atoms with E-state index in [1.165, 1.54) is 5.56 Å². The maximum Gasteiger partial charge on any atom is 0.254 e. The average molecular weight is 550 g/mol. The Morgan fingerprint density at radius 2 is 2.00 bits per heavy atom. The van der Waals surface area contributed by atoms with Gasteiger partial charge in [0.15, 0.2) is 0 Å². The lowest BCUT2D eigenvalue weighted by Gasteiger charge is -2.31. The zero-order valence-corrected chi connectivity index (χ0v) is 23.3. The minimum Gasteiger partial charge on any atom is -0.464 e. The number of likely N-dealkylation sites (tertiary alicyclic amines) is 1. The number of carbonyl (C=O) groups is 2. The van der Waals surface area contributed by atoms with E-state index in [4.69, 9.17) is 9.40 Å². The molecule has 1 fully saturated rings. The van der Waals surface area contributed by atoms with Crippen molar-refractivity contribution >= 4 is 39.8 Å². The van der Waals surface area contributed by atoms with Gasteiger partial charge in [0, 0.05) is 56.2 Å². The number of amides is 2. The van der Waals surface area contributed by atoms with Crippen LogP contribution in [0.4, 0.5) is 11.5 Å². The van der Waals surface area contributed by atoms with Gasteiger partial charge in [-0.05, 0) is 61.5 Å². The molecule has 0 saturated carbocycles. The molecule has 7 rings (SSSR count). The Bertz CT molecular complexity index is 1840. The molecule has 2 amide bonds. The molecule has 10 heteroatoms. The van der Waals surface area contributed by atoms with Gasteiger partial charge in [0.2, 0.25) is 5.91 Å². The van der Waals surface area contributed by atoms with Crippen molar-refractivity contribution in [3.63, 3.8) is 0 Å². The largest absolute Gasteiger partial charge is 0.464 e. The van der Waals surface area contributed by atoms with Crippen LogP contribution in [0.3, 0.4) is 0 Å². The van der Waals surface area contributed by atoms with E-state index in [1.807, 2.05) is 73.3 Å². The van der Waals surface area contributed by atoms with Crippen molar-refractivity contribution < 1.29 is 14.0 Å². The van der Waals surface area contributed by atoms with Gasteiger partial charge in [-0.2, -0.15) is 5.10 Å². The number of benzene rings is 1. The number of anilines is 2. The van der Waals surface area contributed by atoms with Crippen molar-refractivity contribution in [2.45, 2.75) is 31.8 Å². The molecule has 0 radical (unpaired) electrons. The number of nitrogens with one attached hydrogen (secondary N) is 2. The second-order valence-corrected chi connectivity index (χ2v) is 11.2. The van der Waals surface area contributed by atoms with E-state index < -0.39 is 0 Å². The molecule has 1 saturated heterocycles. The van der Waals surface area contributed by atoms with Crippen molar-refractivity contribution in [3.8, 4) is 11.1 Å². The molecule has 2 N–H and O–H groups in total. The third kappa shape index (κ3) is 4.31. The third-order valence-corrected chi connectivity index (χ3v) is 8.17. The summed E-state index contributed by atoms with van der Waals surface area (Å²) in [7, 11) is 5.91. The first-order valence-electron chi connectivity index (χ1n) is 13.8. The standard InChI is InChI=1S/C31H31N7O3/c1-36(2)17-25-19(18-4-9-28(39)37(3)16-18)6-8-27(35-25)34-24-7-5-20(22-14-32-31(40)29(22)24)23-15-33-38-12-10-26-21(30(23)38)11-13-41-26/h5-8,10-13,15,18H,4,9,14,16-17H2,1-3H3,(H,32,40)(H,34,35)/t18-/m1/s1. The lowest BCUT2D eigenvalue weighted by atomic mass is 9.89. The normalized spacial score (nSPS) is 17.1. The van der Waals surface area contributed by atoms with Gasteiger partial charge in [-0.25, -0.2) is 9.50 Å². The predicted molar refractivity (Wildman–Crippen MR) is 156 cm³/mol. The Morgan fingerprint density at radius 1 is 1.12 bits per heavy atom. The van der Waals surface area contributed by atoms with Crippen LogP contribution < -0.4 is 10.6 Å². The van der Waals surface area contributed by atoms with Crippen molar-refractivity contribution in [3.05, 3.63) is 77.4 Å². The van der Waals surface area contributed by atoms with Crippen LogP contribution >= 0.6 is 0 Å². The second-order valence-electron chi connectivity index (χ2n) is 11.2. The SMILES string of the molecule is CN(C)Cc1nc(Nc2ccc(-c3cnn4ccc5occc5c34)c3c2C(=O)NC3)ccc1[C@@H]1CCC(=O)N(C)C1. The van der Waals surface area contributed by atoms with Crippen LogP contribution in [0.25, 0.3) is 27.6 Å². The quantitative estimate of drug-likeness (QED) is 0.321. The Hall–Kier alpha value is -4.70. The van der Waals surface area contributed by atoms with Gasteiger partial charge < -0.3 is 24.9 Å². The zero-order valence-electron chi connectivity index (χ0n) is 23.3. The number of rotatable bonds is 6. The van der Waals surface area contributed by atoms with Crippen LogP contribution in [0.5, 0.6) is 0 Å². The van der Waals surface area contributed by atoms with E-state index in [2.05, 4.69) is 26.7 Å². The molecule has 2 aliphatic heterocycles. The minimum absolute atomic E-state index is 0.116. The first-order chi connectivity index (χ1) is 19.9. The van der Waals surface area contributed by atoms with Crippen molar-refractivity contribution in [2.75, 3.05) is 33.0 Å². The van der Waals surface area contributed by atoms with Gasteiger partial charge in [0.1, 0.15) is 11.4 Å². The van der Waals surface area contributed by atoms with Gasteiger partial charge in [-0.1, -0.05) is 12.1 Å². The van der Waals surface area contributed by atoms with Crippen LogP contribution in [0.2, 0.25) is 0 Å². The van der Waals surface area contributed by atoms with Crippen molar-refractivity contribution in [2.24, 2.45) is 0 Å². The van der Waals surface area contributed by atoms with Crippen LogP contribution in [0.1, 0.15) is 45.9 Å². The summed E-state index contributed by atoms with van der Waals surface area (Å²) in [5.41, 5.74) is 8.04. The molecule has 1 aromatic carbocycles. The van der Waals surface area contributed by atoms with Crippen LogP contribution in [-0.4, -0.2) is 63.9 Å². The summed E-state index contributed by atoms with van der Waals surface area (Å²) in [4.78, 5) is 34.1. The van der Waals surface area contributed by atoms with Crippen LogP contribution in [-0.2, 0) is 17.9 Å². The molecule has 2 aliphatic rings. The number of hydrogen-bond donors (Lipinski definition) is 2. The Labute approximate surface area is 236 Å². The number of nitrogens with zero attached hydrogens (tertiary/aromatic N) is 5. The highest BCUT2D eigenvalue weighted by atomic mass is 16.3. The first-order valence-corrected chi connectivity index (χ1v) is 13.8. The van der Waals surface area contributed by atoms with E-state index in [-0.39, 0.29) is 17.7 Å². The van der Waals surface area contributed by atoms with Gasteiger partial charge in [-0.15, -0.1) is 0 Å². The van der Waals surface area contributed by atoms with Crippen molar-refractivity contribution in [1.29, 1.82) is 0 Å². The molecular weight excluding hydrogens is 518 g/mol. The average Bonchev–Trinajstić information content (AvgIpc) is 3.69. The molecule has 0 spiro atoms. The fraction of sp³-hybridized carbons (Fsp3) is 0.290. The van der Waals surface area contributed by atoms with E-state index in [9.17, 15) is 9.59 Å². The predicted octanol–water partition coefficient (Wildman–Crippen LogP) is 4.53. The Kier molecular flexibility index (Phi) is 6.01. The van der Waals surface area contributed by atoms with Crippen LogP contribution in [0.15, 0.2) is 59.5 Å². The molecule has 6 heterocycles. The molecule has 10 nitrogen and oxygen atoms in total. The first kappa shape index (κ1) is 25.3. The number of likely N-dealkylation sites (N-methyl/N-ethyl adjacent to an activating group) is 1. The lowest BCUT2D eigenvalue weighted by molar-refractivity contribution is -0.132. The fourth-order valence-corrected chi connectivity index (χ4v) is 6.21. The van der Waals surface area contributed by atoms with E-state index >= 15 is 0 Å². The summed E-state index contributed by atoms with van der Waals surface area (Å²) in [6.07, 6.45) is 6.78. The van der Waals surface area contributed by atoms with E-state index in [0.717, 1.165) is 45.3 Å². The number of aromatic nitrogens is 3. The fourth-order valence-electron chi connectivity index (χ4n) is 6.21. The highest BCUT2D eigenvalue weighted by Crippen LogP contribution is 2.39. The molecule has 0 bridgehead atoms. The molecule has 4 aromatic heterocycles. The number of carbonyl (C=O) groups excluding carboxylic acids is 2. The number of fused-ring (bicyclic) bond motifs is 4. The van der Waals surface area contributed by atoms with Gasteiger partial charge in [0.25, 0.3) is 5.91 Å². The molecule has 41 heavy (non-hydrogen) atoms. The third-order valence-electron chi connectivity index (χ3n) is 8.17. The van der Waals surface area contributed by atoms with Crippen LogP contribution in [0, 0.1) is 0 Å². The topological polar surface area (TPSA) is 108 Å². The second kappa shape index (κ2) is 9.74. The zero-order chi connectivity index (χ0) is 28.2. The highest BCUT2D eigenvalue weighted by Gasteiger charge is 2.29. The summed E-state index contributed by atoms with van der Waals surface area (Å²) < 4.78 is 7.47. The number of piperidine rings is 1. The monoisotopic (exact) mass is 549 g/mol. The summed E-state index contributed by atoms with van der Waals surface area (Å²) in [6.45, 7) is 1.80. The molecule has 5 aromatic rings. The summed E-state index contributed by atoms with van der Waals surface area (Å²) in [6, 6.07) is 11.9. The van der Waals surface area contributed by atoms with E-state index in [0.29, 0.717) is 43.1 Å². The maximum absolute atomic E-state index is 13.1. The number of pyridine rings is 2. The Balaban J connectivity index is 1.26. The van der Waals surface area contributed by atoms with Gasteiger partial charge in [-0.3, -0.25) is 9.59 Å². The van der Waals surface area contributed by atoms with E-state index in [1.54, 1.807) is 6.26 Å². The summed E-state index contributed by atoms with van der Waals surface area (Å²) in [5, 5.41) is 12.0. The summed E-state index contributed by atoms with van der Waals surface area (Å²) in [5.74, 6) is 0.998. The summed E-state index contributed by atoms with van der Waals surface area (Å²) >= 11 is 0. The number of furan rings is 1. The van der Waals surface area contributed by atoms with Crippen molar-refractivity contribution in [1.82, 2.24) is 29.7 Å². The molecule has 208 valence electrons. The number of hydrogen-bond acceptors (Lipinski definition) is 7. The molecule has 0 aliphatic carbocycles. The highest BCUT2D eigenvalue weighted by molar-refractivity contribution is 6.08. The van der Waals surface area contributed by atoms with Gasteiger partial charge >= 0.3 is 0 Å². The smallest absolute Gasteiger partial charge is 0.254 e. The maximum atomic E-state index is 13.1. The van der Waals surface area contributed by atoms with Gasteiger partial charge in [0.05, 0.1) is 34.9 Å².